The van der Waals surface area contributed by atoms with Gasteiger partial charge in [0.1, 0.15) is 0 Å². The molecule has 0 radical (unpaired) electrons. The monoisotopic (exact) mass is 250 g/mol. The van der Waals surface area contributed by atoms with Crippen LogP contribution in [0.5, 0.6) is 0 Å². The highest BCUT2D eigenvalue weighted by atomic mass is 13.9. The Balaban J connectivity index is -0.0000000841. The third-order valence-electron chi connectivity index (χ3n) is 1.35. The van der Waals surface area contributed by atoms with Crippen LogP contribution in [0.1, 0.15) is 54.9 Å². The lowest BCUT2D eigenvalue weighted by atomic mass is 10.2. The van der Waals surface area contributed by atoms with Crippen molar-refractivity contribution in [1.29, 1.82) is 0 Å². The van der Waals surface area contributed by atoms with Crippen LogP contribution in [0.4, 0.5) is 0 Å². The van der Waals surface area contributed by atoms with Crippen molar-refractivity contribution in [2.24, 2.45) is 0 Å². The maximum atomic E-state index is 3.36. The highest BCUT2D eigenvalue weighted by Gasteiger charge is 1.81. The molecule has 0 atom stereocenters. The molecule has 0 unspecified atom stereocenters. The molecule has 0 spiro atoms. The smallest absolute Gasteiger partial charge is 0.0160 e. The van der Waals surface area contributed by atoms with Crippen molar-refractivity contribution in [1.82, 2.24) is 0 Å². The fourth-order valence-electron chi connectivity index (χ4n) is 0.686. The average Bonchev–Trinajstić information content (AvgIpc) is 2.73. The number of allylic oxidation sites excluding steroid dienone is 8. The summed E-state index contributed by atoms with van der Waals surface area (Å²) in [7, 11) is 0. The molecule has 1 rings (SSSR count). The number of hydrogen-bond donors (Lipinski definition) is 0. The van der Waals surface area contributed by atoms with E-state index in [1.165, 1.54) is 5.57 Å². The maximum Gasteiger partial charge on any atom is -0.0160 e. The van der Waals surface area contributed by atoms with Gasteiger partial charge in [-0.05, 0) is 13.3 Å². The summed E-state index contributed by atoms with van der Waals surface area (Å²) in [5.41, 5.74) is 1.36. The van der Waals surface area contributed by atoms with Gasteiger partial charge in [-0.1, -0.05) is 103 Å². The van der Waals surface area contributed by atoms with Gasteiger partial charge >= 0.3 is 0 Å². The first-order valence-electron chi connectivity index (χ1n) is 7.04. The summed E-state index contributed by atoms with van der Waals surface area (Å²) >= 11 is 0. The van der Waals surface area contributed by atoms with E-state index in [1.54, 1.807) is 12.2 Å². The molecular formula is C18H34. The Labute approximate surface area is 117 Å². The zero-order chi connectivity index (χ0) is 15.2. The molecule has 0 bridgehead atoms. The van der Waals surface area contributed by atoms with Crippen LogP contribution in [0, 0.1) is 0 Å². The van der Waals surface area contributed by atoms with Crippen molar-refractivity contribution in [3.8, 4) is 0 Å². The minimum atomic E-state index is 1.08. The van der Waals surface area contributed by atoms with Crippen LogP contribution in [0.15, 0.2) is 61.3 Å². The summed E-state index contributed by atoms with van der Waals surface area (Å²) in [6, 6.07) is 0. The highest BCUT2D eigenvalue weighted by molar-refractivity contribution is 5.24. The zero-order valence-electron chi connectivity index (χ0n) is 13.7. The first-order chi connectivity index (χ1) is 8.81. The van der Waals surface area contributed by atoms with Crippen molar-refractivity contribution < 1.29 is 0 Å². The summed E-state index contributed by atoms with van der Waals surface area (Å²) < 4.78 is 0. The van der Waals surface area contributed by atoms with E-state index in [2.05, 4.69) is 50.5 Å². The quantitative estimate of drug-likeness (QED) is 0.445. The van der Waals surface area contributed by atoms with Crippen molar-refractivity contribution in [3.05, 3.63) is 61.3 Å². The fraction of sp³-hybridized carbons (Fsp3) is 0.444. The topological polar surface area (TPSA) is 0 Å². The van der Waals surface area contributed by atoms with Crippen LogP contribution in [-0.4, -0.2) is 0 Å². The molecule has 1 aliphatic rings. The Kier molecular flexibility index (Phi) is 51.1. The summed E-state index contributed by atoms with van der Waals surface area (Å²) in [6.07, 6.45) is 15.0. The largest absolute Gasteiger partial charge is 0.0991 e. The summed E-state index contributed by atoms with van der Waals surface area (Å²) in [5, 5.41) is 0. The second kappa shape index (κ2) is 36.1. The number of hydrogen-bond acceptors (Lipinski definition) is 0. The molecule has 0 N–H and O–H groups in total. The fourth-order valence-corrected chi connectivity index (χ4v) is 0.686. The lowest BCUT2D eigenvalue weighted by Gasteiger charge is -1.82. The van der Waals surface area contributed by atoms with E-state index in [-0.39, 0.29) is 0 Å². The van der Waals surface area contributed by atoms with Crippen LogP contribution in [-0.2, 0) is 0 Å². The maximum absolute atomic E-state index is 3.36. The summed E-state index contributed by atoms with van der Waals surface area (Å²) in [6.45, 7) is 20.8. The minimum Gasteiger partial charge on any atom is -0.0991 e. The van der Waals surface area contributed by atoms with Crippen LogP contribution >= 0.6 is 0 Å². The second-order valence-electron chi connectivity index (χ2n) is 2.44. The Bertz CT molecular complexity index is 205. The predicted octanol–water partition coefficient (Wildman–Crippen LogP) is 6.89. The number of rotatable bonds is 1. The van der Waals surface area contributed by atoms with Gasteiger partial charge < -0.3 is 0 Å². The van der Waals surface area contributed by atoms with Gasteiger partial charge in [-0.25, -0.2) is 0 Å². The van der Waals surface area contributed by atoms with E-state index < -0.39 is 0 Å². The van der Waals surface area contributed by atoms with Gasteiger partial charge in [-0.15, -0.1) is 0 Å². The Morgan fingerprint density at radius 2 is 1.33 bits per heavy atom. The van der Waals surface area contributed by atoms with Crippen LogP contribution in [0.3, 0.4) is 0 Å². The molecule has 106 valence electrons. The SMILES string of the molecule is C=CC=C.CC.CC.CC.CC1=CCC=CC=C1. The Morgan fingerprint density at radius 1 is 0.889 bits per heavy atom. The Morgan fingerprint density at radius 3 is 1.72 bits per heavy atom. The molecule has 0 aromatic carbocycles. The van der Waals surface area contributed by atoms with Gasteiger partial charge in [0.2, 0.25) is 0 Å². The first kappa shape index (κ1) is 25.5. The van der Waals surface area contributed by atoms with E-state index in [4.69, 9.17) is 0 Å². The highest BCUT2D eigenvalue weighted by Crippen LogP contribution is 2.01. The molecule has 0 saturated heterocycles. The summed E-state index contributed by atoms with van der Waals surface area (Å²) in [5.74, 6) is 0. The molecule has 0 heteroatoms. The molecule has 1 aliphatic carbocycles. The van der Waals surface area contributed by atoms with Gasteiger partial charge in [-0.2, -0.15) is 0 Å². The van der Waals surface area contributed by atoms with E-state index in [9.17, 15) is 0 Å². The first-order valence-corrected chi connectivity index (χ1v) is 7.04. The van der Waals surface area contributed by atoms with Crippen molar-refractivity contribution in [2.75, 3.05) is 0 Å². The van der Waals surface area contributed by atoms with Crippen molar-refractivity contribution >= 4 is 0 Å². The van der Waals surface area contributed by atoms with Crippen LogP contribution in [0.25, 0.3) is 0 Å². The molecule has 0 aromatic rings. The molecular weight excluding hydrogens is 216 g/mol. The third kappa shape index (κ3) is 36.5. The molecule has 18 heavy (non-hydrogen) atoms. The molecule has 0 aromatic heterocycles. The van der Waals surface area contributed by atoms with Gasteiger partial charge in [0.25, 0.3) is 0 Å². The van der Waals surface area contributed by atoms with Gasteiger partial charge in [0.15, 0.2) is 0 Å². The normalized spacial score (nSPS) is 10.1. The standard InChI is InChI=1S/C8H10.C4H6.3C2H6/c1-8-6-4-2-3-5-7-8;1-3-4-2;3*1-2/h2-4,6-7H,5H2,1H3;3-4H,1-2H2;3*1-2H3. The minimum absolute atomic E-state index is 1.08. The predicted molar refractivity (Wildman–Crippen MR) is 91.1 cm³/mol. The molecule has 0 fully saturated rings. The van der Waals surface area contributed by atoms with Crippen molar-refractivity contribution in [2.45, 2.75) is 54.9 Å². The van der Waals surface area contributed by atoms with E-state index in [0.29, 0.717) is 0 Å². The molecule has 0 amide bonds. The van der Waals surface area contributed by atoms with E-state index >= 15 is 0 Å². The van der Waals surface area contributed by atoms with Crippen LogP contribution in [0.2, 0.25) is 0 Å². The zero-order valence-corrected chi connectivity index (χ0v) is 13.7. The molecule has 0 nitrogen and oxygen atoms in total. The lowest BCUT2D eigenvalue weighted by molar-refractivity contribution is 1.35. The third-order valence-corrected chi connectivity index (χ3v) is 1.35. The molecule has 0 aliphatic heterocycles. The molecule has 0 saturated carbocycles. The molecule has 0 heterocycles. The van der Waals surface area contributed by atoms with Gasteiger partial charge in [-0.3, -0.25) is 0 Å². The Hall–Kier alpha value is -1.30. The van der Waals surface area contributed by atoms with Gasteiger partial charge in [0.05, 0.1) is 0 Å². The lowest BCUT2D eigenvalue weighted by Crippen LogP contribution is -1.62. The van der Waals surface area contributed by atoms with E-state index in [0.717, 1.165) is 6.42 Å². The average molecular weight is 250 g/mol. The van der Waals surface area contributed by atoms with E-state index in [1.807, 2.05) is 41.5 Å². The second-order valence-corrected chi connectivity index (χ2v) is 2.44. The van der Waals surface area contributed by atoms with Gasteiger partial charge in [0, 0.05) is 0 Å². The van der Waals surface area contributed by atoms with Crippen LogP contribution < -0.4 is 0 Å². The summed E-state index contributed by atoms with van der Waals surface area (Å²) in [4.78, 5) is 0. The van der Waals surface area contributed by atoms with Crippen molar-refractivity contribution in [3.63, 3.8) is 0 Å².